The third-order valence-electron chi connectivity index (χ3n) is 2.41. The van der Waals surface area contributed by atoms with Crippen molar-refractivity contribution in [2.75, 3.05) is 6.61 Å². The first-order valence-corrected chi connectivity index (χ1v) is 6.48. The number of carbonyl (C=O) groups excluding carboxylic acids is 1. The third kappa shape index (κ3) is 11.1. The number of rotatable bonds is 10. The van der Waals surface area contributed by atoms with E-state index in [1.165, 1.54) is 12.8 Å². The standard InChI is InChI=1S/C15H23FO2/c1-3-4-5-6-7-8-9-10-11-12-13-18-15(17)14(2)16/h3-6H,2,7-13H2,1H3/b4-3+,6-5+. The molecule has 0 saturated carbocycles. The highest BCUT2D eigenvalue weighted by atomic mass is 19.1. The van der Waals surface area contributed by atoms with E-state index in [0.717, 1.165) is 25.7 Å². The Morgan fingerprint density at radius 1 is 1.17 bits per heavy atom. The lowest BCUT2D eigenvalue weighted by Gasteiger charge is -2.02. The molecule has 0 aliphatic rings. The molecule has 0 fully saturated rings. The molecule has 0 radical (unpaired) electrons. The number of ether oxygens (including phenoxy) is 1. The molecule has 2 nitrogen and oxygen atoms in total. The quantitative estimate of drug-likeness (QED) is 0.248. The van der Waals surface area contributed by atoms with Crippen molar-refractivity contribution in [3.63, 3.8) is 0 Å². The molecule has 0 aromatic carbocycles. The molecule has 102 valence electrons. The van der Waals surface area contributed by atoms with E-state index in [-0.39, 0.29) is 6.61 Å². The lowest BCUT2D eigenvalue weighted by atomic mass is 10.1. The van der Waals surface area contributed by atoms with E-state index in [2.05, 4.69) is 23.5 Å². The first kappa shape index (κ1) is 16.6. The fourth-order valence-corrected chi connectivity index (χ4v) is 1.42. The molecule has 0 atom stereocenters. The van der Waals surface area contributed by atoms with Gasteiger partial charge in [0.05, 0.1) is 6.61 Å². The fraction of sp³-hybridized carbons (Fsp3) is 0.533. The van der Waals surface area contributed by atoms with Gasteiger partial charge in [-0.3, -0.25) is 0 Å². The summed E-state index contributed by atoms with van der Waals surface area (Å²) in [5.74, 6) is -1.97. The Labute approximate surface area is 109 Å². The van der Waals surface area contributed by atoms with Gasteiger partial charge >= 0.3 is 5.97 Å². The Kier molecular flexibility index (Phi) is 11.2. The zero-order valence-corrected chi connectivity index (χ0v) is 11.2. The average Bonchev–Trinajstić information content (AvgIpc) is 2.35. The summed E-state index contributed by atoms with van der Waals surface area (Å²) in [4.78, 5) is 10.7. The van der Waals surface area contributed by atoms with Crippen LogP contribution in [-0.2, 0) is 9.53 Å². The van der Waals surface area contributed by atoms with Crippen molar-refractivity contribution in [2.24, 2.45) is 0 Å². The van der Waals surface area contributed by atoms with Gasteiger partial charge in [0.15, 0.2) is 0 Å². The molecule has 0 aliphatic heterocycles. The number of unbranched alkanes of at least 4 members (excludes halogenated alkanes) is 5. The van der Waals surface area contributed by atoms with Gasteiger partial charge in [-0.15, -0.1) is 0 Å². The predicted molar refractivity (Wildman–Crippen MR) is 72.9 cm³/mol. The van der Waals surface area contributed by atoms with Gasteiger partial charge in [-0.2, -0.15) is 4.39 Å². The van der Waals surface area contributed by atoms with Crippen molar-refractivity contribution in [3.8, 4) is 0 Å². The van der Waals surface area contributed by atoms with Gasteiger partial charge in [-0.25, -0.2) is 4.79 Å². The van der Waals surface area contributed by atoms with Crippen LogP contribution in [0.4, 0.5) is 4.39 Å². The van der Waals surface area contributed by atoms with Crippen LogP contribution in [0.25, 0.3) is 0 Å². The van der Waals surface area contributed by atoms with Crippen LogP contribution in [0.15, 0.2) is 36.7 Å². The van der Waals surface area contributed by atoms with Gasteiger partial charge in [0.1, 0.15) is 0 Å². The monoisotopic (exact) mass is 254 g/mol. The van der Waals surface area contributed by atoms with Gasteiger partial charge in [-0.1, -0.05) is 50.1 Å². The molecule has 18 heavy (non-hydrogen) atoms. The van der Waals surface area contributed by atoms with Gasteiger partial charge < -0.3 is 4.74 Å². The molecule has 0 rings (SSSR count). The molecule has 0 bridgehead atoms. The molecular weight excluding hydrogens is 231 g/mol. The summed E-state index contributed by atoms with van der Waals surface area (Å²) in [5, 5.41) is 0. The van der Waals surface area contributed by atoms with E-state index in [9.17, 15) is 9.18 Å². The van der Waals surface area contributed by atoms with Crippen LogP contribution in [0.2, 0.25) is 0 Å². The van der Waals surface area contributed by atoms with Gasteiger partial charge in [0, 0.05) is 0 Å². The number of carbonyl (C=O) groups is 1. The third-order valence-corrected chi connectivity index (χ3v) is 2.41. The van der Waals surface area contributed by atoms with Gasteiger partial charge in [-0.05, 0) is 26.2 Å². The first-order valence-electron chi connectivity index (χ1n) is 6.48. The Morgan fingerprint density at radius 2 is 1.83 bits per heavy atom. The van der Waals surface area contributed by atoms with Crippen molar-refractivity contribution in [1.82, 2.24) is 0 Å². The SMILES string of the molecule is C=C(F)C(=O)OCCCCCCC/C=C/C=C/C. The second-order valence-electron chi connectivity index (χ2n) is 4.05. The molecule has 0 heterocycles. The van der Waals surface area contributed by atoms with Crippen LogP contribution < -0.4 is 0 Å². The van der Waals surface area contributed by atoms with E-state index >= 15 is 0 Å². The highest BCUT2D eigenvalue weighted by molar-refractivity contribution is 5.85. The zero-order chi connectivity index (χ0) is 13.6. The topological polar surface area (TPSA) is 26.3 Å². The van der Waals surface area contributed by atoms with Crippen LogP contribution in [0, 0.1) is 0 Å². The Hall–Kier alpha value is -1.38. The minimum Gasteiger partial charge on any atom is -0.460 e. The highest BCUT2D eigenvalue weighted by Gasteiger charge is 2.05. The summed E-state index contributed by atoms with van der Waals surface area (Å²) in [6, 6.07) is 0. The first-order chi connectivity index (χ1) is 8.68. The normalized spacial score (nSPS) is 11.2. The maximum Gasteiger partial charge on any atom is 0.366 e. The molecule has 0 aromatic rings. The number of hydrogen-bond donors (Lipinski definition) is 0. The van der Waals surface area contributed by atoms with E-state index < -0.39 is 11.8 Å². The Bertz CT molecular complexity index is 293. The molecule has 0 aliphatic carbocycles. The van der Waals surface area contributed by atoms with Crippen molar-refractivity contribution < 1.29 is 13.9 Å². The molecule has 0 aromatic heterocycles. The second-order valence-corrected chi connectivity index (χ2v) is 4.05. The smallest absolute Gasteiger partial charge is 0.366 e. The summed E-state index contributed by atoms with van der Waals surface area (Å²) in [7, 11) is 0. The number of esters is 1. The molecule has 0 amide bonds. The van der Waals surface area contributed by atoms with Crippen molar-refractivity contribution in [1.29, 1.82) is 0 Å². The Balaban J connectivity index is 3.21. The summed E-state index contributed by atoms with van der Waals surface area (Å²) in [6.07, 6.45) is 14.6. The largest absolute Gasteiger partial charge is 0.460 e. The van der Waals surface area contributed by atoms with Crippen LogP contribution >= 0.6 is 0 Å². The van der Waals surface area contributed by atoms with Crippen LogP contribution in [-0.4, -0.2) is 12.6 Å². The lowest BCUT2D eigenvalue weighted by molar-refractivity contribution is -0.140. The molecule has 0 N–H and O–H groups in total. The van der Waals surface area contributed by atoms with Gasteiger partial charge in [0.25, 0.3) is 0 Å². The van der Waals surface area contributed by atoms with E-state index in [0.29, 0.717) is 0 Å². The van der Waals surface area contributed by atoms with E-state index in [1.54, 1.807) is 0 Å². The van der Waals surface area contributed by atoms with Crippen molar-refractivity contribution >= 4 is 5.97 Å². The highest BCUT2D eigenvalue weighted by Crippen LogP contribution is 2.06. The molecule has 3 heteroatoms. The predicted octanol–water partition coefficient (Wildman–Crippen LogP) is 4.49. The average molecular weight is 254 g/mol. The summed E-state index contributed by atoms with van der Waals surface area (Å²) in [6.45, 7) is 5.15. The summed E-state index contributed by atoms with van der Waals surface area (Å²) >= 11 is 0. The molecule has 0 spiro atoms. The minimum atomic E-state index is -1.03. The van der Waals surface area contributed by atoms with Crippen molar-refractivity contribution in [3.05, 3.63) is 36.7 Å². The van der Waals surface area contributed by atoms with Crippen LogP contribution in [0.3, 0.4) is 0 Å². The molecular formula is C15H23FO2. The zero-order valence-electron chi connectivity index (χ0n) is 11.2. The maximum absolute atomic E-state index is 12.2. The fourth-order valence-electron chi connectivity index (χ4n) is 1.42. The maximum atomic E-state index is 12.2. The number of halogens is 1. The number of allylic oxidation sites excluding steroid dienone is 4. The Morgan fingerprint density at radius 3 is 2.50 bits per heavy atom. The molecule has 0 saturated heterocycles. The summed E-state index contributed by atoms with van der Waals surface area (Å²) in [5.41, 5.74) is 0. The summed E-state index contributed by atoms with van der Waals surface area (Å²) < 4.78 is 16.9. The molecule has 0 unspecified atom stereocenters. The lowest BCUT2D eigenvalue weighted by Crippen LogP contribution is -2.05. The van der Waals surface area contributed by atoms with E-state index in [4.69, 9.17) is 0 Å². The minimum absolute atomic E-state index is 0.281. The van der Waals surface area contributed by atoms with Gasteiger partial charge in [0.2, 0.25) is 5.83 Å². The number of hydrogen-bond acceptors (Lipinski definition) is 2. The second kappa shape index (κ2) is 12.1. The van der Waals surface area contributed by atoms with Crippen molar-refractivity contribution in [2.45, 2.75) is 45.4 Å². The van der Waals surface area contributed by atoms with Crippen LogP contribution in [0.5, 0.6) is 0 Å². The van der Waals surface area contributed by atoms with E-state index in [1.807, 2.05) is 19.1 Å². The van der Waals surface area contributed by atoms with Crippen LogP contribution in [0.1, 0.15) is 45.4 Å².